The third-order valence-corrected chi connectivity index (χ3v) is 3.75. The second-order valence-corrected chi connectivity index (χ2v) is 5.81. The summed E-state index contributed by atoms with van der Waals surface area (Å²) < 4.78 is 16.7. The molecule has 0 unspecified atom stereocenters. The molecular formula is C19H26O4. The van der Waals surface area contributed by atoms with Crippen molar-refractivity contribution < 1.29 is 19.0 Å². The molecule has 0 radical (unpaired) electrons. The van der Waals surface area contributed by atoms with Gasteiger partial charge in [0.1, 0.15) is 12.7 Å². The Kier molecular flexibility index (Phi) is 7.30. The van der Waals surface area contributed by atoms with E-state index in [0.717, 1.165) is 24.0 Å². The molecule has 1 saturated heterocycles. The molecule has 126 valence electrons. The van der Waals surface area contributed by atoms with Crippen molar-refractivity contribution in [1.29, 1.82) is 0 Å². The largest absolute Gasteiger partial charge is 0.463 e. The summed E-state index contributed by atoms with van der Waals surface area (Å²) in [4.78, 5) is 10.9. The van der Waals surface area contributed by atoms with E-state index in [4.69, 9.17) is 14.2 Å². The number of unbranched alkanes of at least 4 members (excludes halogenated alkanes) is 2. The third kappa shape index (κ3) is 6.16. The Morgan fingerprint density at radius 1 is 1.30 bits per heavy atom. The predicted molar refractivity (Wildman–Crippen MR) is 89.8 cm³/mol. The summed E-state index contributed by atoms with van der Waals surface area (Å²) in [6.07, 6.45) is 6.06. The van der Waals surface area contributed by atoms with Crippen molar-refractivity contribution in [1.82, 2.24) is 0 Å². The van der Waals surface area contributed by atoms with Crippen LogP contribution in [0.25, 0.3) is 6.08 Å². The molecule has 0 aromatic heterocycles. The van der Waals surface area contributed by atoms with Gasteiger partial charge in [0, 0.05) is 6.92 Å². The maximum absolute atomic E-state index is 10.9. The van der Waals surface area contributed by atoms with Crippen molar-refractivity contribution in [3.8, 4) is 0 Å². The molecule has 1 aliphatic rings. The Hall–Kier alpha value is -1.65. The minimum Gasteiger partial charge on any atom is -0.463 e. The van der Waals surface area contributed by atoms with Crippen LogP contribution in [0.2, 0.25) is 0 Å². The van der Waals surface area contributed by atoms with Gasteiger partial charge in [-0.05, 0) is 24.0 Å². The fourth-order valence-corrected chi connectivity index (χ4v) is 2.54. The van der Waals surface area contributed by atoms with Crippen LogP contribution in [0.4, 0.5) is 0 Å². The van der Waals surface area contributed by atoms with E-state index in [1.54, 1.807) is 0 Å². The highest BCUT2D eigenvalue weighted by molar-refractivity contribution is 5.65. The Labute approximate surface area is 138 Å². The second kappa shape index (κ2) is 9.48. The molecule has 1 fully saturated rings. The van der Waals surface area contributed by atoms with Gasteiger partial charge in [0.15, 0.2) is 6.29 Å². The summed E-state index contributed by atoms with van der Waals surface area (Å²) in [5.74, 6) is -0.292. The van der Waals surface area contributed by atoms with Gasteiger partial charge in [-0.2, -0.15) is 0 Å². The summed E-state index contributed by atoms with van der Waals surface area (Å²) in [5, 5.41) is 0. The molecule has 23 heavy (non-hydrogen) atoms. The van der Waals surface area contributed by atoms with Crippen LogP contribution in [-0.2, 0) is 19.0 Å². The molecule has 4 heteroatoms. The molecule has 4 nitrogen and oxygen atoms in total. The second-order valence-electron chi connectivity index (χ2n) is 5.81. The number of benzene rings is 1. The summed E-state index contributed by atoms with van der Waals surface area (Å²) in [6.45, 7) is 4.30. The molecule has 0 bridgehead atoms. The average Bonchev–Trinajstić information content (AvgIpc) is 3.02. The highest BCUT2D eigenvalue weighted by Gasteiger charge is 2.29. The lowest BCUT2D eigenvalue weighted by Crippen LogP contribution is -2.21. The fourth-order valence-electron chi connectivity index (χ4n) is 2.54. The summed E-state index contributed by atoms with van der Waals surface area (Å²) in [7, 11) is 0. The molecule has 0 aliphatic carbocycles. The van der Waals surface area contributed by atoms with Crippen LogP contribution in [0.3, 0.4) is 0 Å². The third-order valence-electron chi connectivity index (χ3n) is 3.75. The number of rotatable bonds is 8. The highest BCUT2D eigenvalue weighted by atomic mass is 16.7. The van der Waals surface area contributed by atoms with Crippen LogP contribution in [0, 0.1) is 0 Å². The number of hydrogen-bond donors (Lipinski definition) is 0. The lowest BCUT2D eigenvalue weighted by molar-refractivity contribution is -0.144. The minimum absolute atomic E-state index is 0.186. The van der Waals surface area contributed by atoms with Crippen molar-refractivity contribution in [2.45, 2.75) is 51.9 Å². The fraction of sp³-hybridized carbons (Fsp3) is 0.526. The number of ether oxygens (including phenoxy) is 3. The van der Waals surface area contributed by atoms with Gasteiger partial charge in [0.25, 0.3) is 0 Å². The summed E-state index contributed by atoms with van der Waals surface area (Å²) in [5.41, 5.74) is 2.30. The first-order valence-corrected chi connectivity index (χ1v) is 8.35. The van der Waals surface area contributed by atoms with Gasteiger partial charge in [0.05, 0.1) is 6.61 Å². The van der Waals surface area contributed by atoms with E-state index >= 15 is 0 Å². The normalized spacial score (nSPS) is 21.4. The van der Waals surface area contributed by atoms with Gasteiger partial charge < -0.3 is 14.2 Å². The smallest absolute Gasteiger partial charge is 0.302 e. The van der Waals surface area contributed by atoms with E-state index in [1.165, 1.54) is 19.8 Å². The molecule has 0 saturated carbocycles. The summed E-state index contributed by atoms with van der Waals surface area (Å²) in [6, 6.07) is 10.2. The van der Waals surface area contributed by atoms with Gasteiger partial charge in [0.2, 0.25) is 0 Å². The lowest BCUT2D eigenvalue weighted by atomic mass is 10.0. The Balaban J connectivity index is 1.99. The van der Waals surface area contributed by atoms with Gasteiger partial charge in [-0.3, -0.25) is 4.79 Å². The monoisotopic (exact) mass is 318 g/mol. The van der Waals surface area contributed by atoms with Gasteiger partial charge in [-0.15, -0.1) is 0 Å². The number of carbonyl (C=O) groups excluding carboxylic acids is 1. The first kappa shape index (κ1) is 17.7. The standard InChI is InChI=1S/C19H26O4/c1-3-4-6-11-17(12-16-9-7-5-8-10-16)19-22-14-18(23-19)13-21-15(2)20/h5,7-10,12,18-19H,3-4,6,11,13-14H2,1-2H3/b17-12-/t18-,19-/m0/s1. The van der Waals surface area contributed by atoms with E-state index in [2.05, 4.69) is 25.1 Å². The zero-order valence-electron chi connectivity index (χ0n) is 14.0. The molecule has 1 aliphatic heterocycles. The SMILES string of the molecule is CCCCC/C(=C/c1ccccc1)[C@H]1OC[C@H](COC(C)=O)O1. The molecule has 0 amide bonds. The number of carbonyl (C=O) groups is 1. The molecule has 1 aromatic rings. The van der Waals surface area contributed by atoms with Crippen molar-refractivity contribution in [2.75, 3.05) is 13.2 Å². The van der Waals surface area contributed by atoms with Crippen LogP contribution in [-0.4, -0.2) is 31.6 Å². The Bertz CT molecular complexity index is 509. The van der Waals surface area contributed by atoms with Crippen LogP contribution in [0.5, 0.6) is 0 Å². The van der Waals surface area contributed by atoms with E-state index in [9.17, 15) is 4.79 Å². The average molecular weight is 318 g/mol. The van der Waals surface area contributed by atoms with Crippen LogP contribution >= 0.6 is 0 Å². The van der Waals surface area contributed by atoms with E-state index in [-0.39, 0.29) is 25.0 Å². The molecule has 1 aromatic carbocycles. The van der Waals surface area contributed by atoms with Crippen molar-refractivity contribution >= 4 is 12.0 Å². The molecule has 0 spiro atoms. The van der Waals surface area contributed by atoms with Crippen molar-refractivity contribution in [3.63, 3.8) is 0 Å². The summed E-state index contributed by atoms with van der Waals surface area (Å²) >= 11 is 0. The topological polar surface area (TPSA) is 44.8 Å². The zero-order valence-corrected chi connectivity index (χ0v) is 14.0. The predicted octanol–water partition coefficient (Wildman–Crippen LogP) is 3.95. The molecule has 0 N–H and O–H groups in total. The minimum atomic E-state index is -0.340. The van der Waals surface area contributed by atoms with Crippen molar-refractivity contribution in [3.05, 3.63) is 41.5 Å². The molecule has 2 rings (SSSR count). The maximum atomic E-state index is 10.9. The van der Waals surface area contributed by atoms with Gasteiger partial charge in [-0.25, -0.2) is 0 Å². The Morgan fingerprint density at radius 3 is 2.78 bits per heavy atom. The molecule has 2 atom stereocenters. The van der Waals surface area contributed by atoms with Crippen LogP contribution in [0.1, 0.15) is 45.1 Å². The first-order chi connectivity index (χ1) is 11.2. The molecule has 1 heterocycles. The number of hydrogen-bond acceptors (Lipinski definition) is 4. The lowest BCUT2D eigenvalue weighted by Gasteiger charge is -2.16. The van der Waals surface area contributed by atoms with E-state index in [1.807, 2.05) is 18.2 Å². The van der Waals surface area contributed by atoms with Crippen LogP contribution in [0.15, 0.2) is 35.9 Å². The van der Waals surface area contributed by atoms with Gasteiger partial charge >= 0.3 is 5.97 Å². The molecular weight excluding hydrogens is 292 g/mol. The highest BCUT2D eigenvalue weighted by Crippen LogP contribution is 2.25. The van der Waals surface area contributed by atoms with E-state index < -0.39 is 0 Å². The Morgan fingerprint density at radius 2 is 2.09 bits per heavy atom. The first-order valence-electron chi connectivity index (χ1n) is 8.35. The zero-order chi connectivity index (χ0) is 16.5. The van der Waals surface area contributed by atoms with Crippen LogP contribution < -0.4 is 0 Å². The van der Waals surface area contributed by atoms with Crippen molar-refractivity contribution in [2.24, 2.45) is 0 Å². The van der Waals surface area contributed by atoms with Gasteiger partial charge in [-0.1, -0.05) is 56.2 Å². The maximum Gasteiger partial charge on any atom is 0.302 e. The van der Waals surface area contributed by atoms with E-state index in [0.29, 0.717) is 6.61 Å². The number of esters is 1. The quantitative estimate of drug-likeness (QED) is 0.538.